The van der Waals surface area contributed by atoms with E-state index in [-0.39, 0.29) is 6.61 Å². The largest absolute Gasteiger partial charge is 0.481 e. The lowest BCUT2D eigenvalue weighted by Gasteiger charge is -2.14. The molecule has 0 aliphatic heterocycles. The summed E-state index contributed by atoms with van der Waals surface area (Å²) >= 11 is 6.11. The van der Waals surface area contributed by atoms with Crippen LogP contribution in [0.15, 0.2) is 30.3 Å². The second-order valence-corrected chi connectivity index (χ2v) is 6.27. The minimum atomic E-state index is -0.759. The average molecular weight is 377 g/mol. The Balaban J connectivity index is 1.91. The molecular weight excluding hydrogens is 356 g/mol. The standard InChI is InChI=1S/C18H21ClN4O3/c1-26-16-5-4-14-18(23-16)17(21-7-6-20-9-12(25)10-24)13-3-2-11(19)8-15(13)22-14/h2-5,8,12,20,24-25H,6-7,9-10H2,1H3,(H,21,22). The zero-order valence-corrected chi connectivity index (χ0v) is 15.1. The molecule has 0 aliphatic carbocycles. The first-order valence-corrected chi connectivity index (χ1v) is 8.67. The summed E-state index contributed by atoms with van der Waals surface area (Å²) in [5.41, 5.74) is 3.09. The van der Waals surface area contributed by atoms with Gasteiger partial charge in [-0.3, -0.25) is 0 Å². The minimum Gasteiger partial charge on any atom is -0.481 e. The summed E-state index contributed by atoms with van der Waals surface area (Å²) in [5, 5.41) is 26.2. The normalized spacial score (nSPS) is 12.5. The molecule has 138 valence electrons. The third kappa shape index (κ3) is 4.13. The van der Waals surface area contributed by atoms with Crippen molar-refractivity contribution in [2.75, 3.05) is 38.7 Å². The van der Waals surface area contributed by atoms with Crippen LogP contribution in [0.4, 0.5) is 5.69 Å². The van der Waals surface area contributed by atoms with Crippen LogP contribution < -0.4 is 15.4 Å². The molecule has 1 atom stereocenters. The highest BCUT2D eigenvalue weighted by Crippen LogP contribution is 2.32. The topological polar surface area (TPSA) is 99.5 Å². The number of hydrogen-bond acceptors (Lipinski definition) is 7. The molecule has 0 fully saturated rings. The summed E-state index contributed by atoms with van der Waals surface area (Å²) in [6.07, 6.45) is -0.759. The number of pyridine rings is 2. The Morgan fingerprint density at radius 1 is 1.15 bits per heavy atom. The highest BCUT2D eigenvalue weighted by molar-refractivity contribution is 6.31. The van der Waals surface area contributed by atoms with E-state index in [2.05, 4.69) is 20.6 Å². The summed E-state index contributed by atoms with van der Waals surface area (Å²) in [6.45, 7) is 1.29. The van der Waals surface area contributed by atoms with Crippen LogP contribution in [-0.2, 0) is 0 Å². The van der Waals surface area contributed by atoms with Crippen molar-refractivity contribution in [1.82, 2.24) is 15.3 Å². The van der Waals surface area contributed by atoms with Crippen LogP contribution in [0, 0.1) is 0 Å². The highest BCUT2D eigenvalue weighted by atomic mass is 35.5. The van der Waals surface area contributed by atoms with Crippen LogP contribution in [0.2, 0.25) is 5.02 Å². The van der Waals surface area contributed by atoms with Gasteiger partial charge in [-0.05, 0) is 24.3 Å². The van der Waals surface area contributed by atoms with Gasteiger partial charge in [-0.25, -0.2) is 9.97 Å². The fraction of sp³-hybridized carbons (Fsp3) is 0.333. The van der Waals surface area contributed by atoms with Gasteiger partial charge in [0, 0.05) is 36.1 Å². The first kappa shape index (κ1) is 18.6. The van der Waals surface area contributed by atoms with Gasteiger partial charge in [-0.15, -0.1) is 0 Å². The van der Waals surface area contributed by atoms with Crippen molar-refractivity contribution in [2.45, 2.75) is 6.10 Å². The SMILES string of the molecule is COc1ccc2nc3cc(Cl)ccc3c(NCCNCC(O)CO)c2n1. The highest BCUT2D eigenvalue weighted by Gasteiger charge is 2.12. The fourth-order valence-corrected chi connectivity index (χ4v) is 2.84. The fourth-order valence-electron chi connectivity index (χ4n) is 2.68. The van der Waals surface area contributed by atoms with Gasteiger partial charge in [0.25, 0.3) is 0 Å². The molecule has 0 amide bonds. The predicted molar refractivity (Wildman–Crippen MR) is 103 cm³/mol. The third-order valence-corrected chi connectivity index (χ3v) is 4.19. The number of benzene rings is 1. The third-order valence-electron chi connectivity index (χ3n) is 3.96. The van der Waals surface area contributed by atoms with Gasteiger partial charge < -0.3 is 25.6 Å². The van der Waals surface area contributed by atoms with E-state index in [1.807, 2.05) is 24.3 Å². The molecule has 8 heteroatoms. The zero-order valence-electron chi connectivity index (χ0n) is 14.4. The maximum atomic E-state index is 9.36. The van der Waals surface area contributed by atoms with Crippen molar-refractivity contribution >= 4 is 39.2 Å². The maximum absolute atomic E-state index is 9.36. The molecule has 3 aromatic rings. The molecule has 7 nitrogen and oxygen atoms in total. The van der Waals surface area contributed by atoms with Crippen molar-refractivity contribution in [3.63, 3.8) is 0 Å². The summed E-state index contributed by atoms with van der Waals surface area (Å²) < 4.78 is 5.24. The number of rotatable bonds is 8. The van der Waals surface area contributed by atoms with Crippen LogP contribution in [0.5, 0.6) is 5.88 Å². The van der Waals surface area contributed by atoms with Gasteiger partial charge in [-0.1, -0.05) is 11.6 Å². The number of nitrogens with zero attached hydrogens (tertiary/aromatic N) is 2. The molecule has 0 saturated carbocycles. The number of ether oxygens (including phenoxy) is 1. The van der Waals surface area contributed by atoms with Gasteiger partial charge in [0.1, 0.15) is 5.52 Å². The molecule has 0 radical (unpaired) electrons. The summed E-state index contributed by atoms with van der Waals surface area (Å²) in [5.74, 6) is 0.514. The van der Waals surface area contributed by atoms with Crippen LogP contribution in [0.1, 0.15) is 0 Å². The van der Waals surface area contributed by atoms with Crippen LogP contribution >= 0.6 is 11.6 Å². The molecule has 4 N–H and O–H groups in total. The number of aliphatic hydroxyl groups excluding tert-OH is 2. The quantitative estimate of drug-likeness (QED) is 0.351. The molecule has 0 spiro atoms. The van der Waals surface area contributed by atoms with Gasteiger partial charge in [0.15, 0.2) is 0 Å². The summed E-state index contributed by atoms with van der Waals surface area (Å²) in [4.78, 5) is 9.17. The lowest BCUT2D eigenvalue weighted by molar-refractivity contribution is 0.0949. The number of methoxy groups -OCH3 is 1. The Bertz CT molecular complexity index is 906. The number of hydrogen-bond donors (Lipinski definition) is 4. The van der Waals surface area contributed by atoms with E-state index < -0.39 is 6.10 Å². The van der Waals surface area contributed by atoms with Gasteiger partial charge >= 0.3 is 0 Å². The van der Waals surface area contributed by atoms with E-state index in [0.29, 0.717) is 30.5 Å². The number of aliphatic hydroxyl groups is 2. The first-order valence-electron chi connectivity index (χ1n) is 8.30. The molecule has 1 aromatic carbocycles. The van der Waals surface area contributed by atoms with E-state index in [1.165, 1.54) is 0 Å². The number of aromatic nitrogens is 2. The Morgan fingerprint density at radius 3 is 2.77 bits per heavy atom. The lowest BCUT2D eigenvalue weighted by Crippen LogP contribution is -2.32. The number of nitrogens with one attached hydrogen (secondary N) is 2. The van der Waals surface area contributed by atoms with Crippen LogP contribution in [0.25, 0.3) is 21.9 Å². The van der Waals surface area contributed by atoms with Crippen molar-refractivity contribution in [1.29, 1.82) is 0 Å². The summed E-state index contributed by atoms with van der Waals surface area (Å²) in [7, 11) is 1.58. The van der Waals surface area contributed by atoms with Crippen molar-refractivity contribution < 1.29 is 14.9 Å². The molecule has 2 heterocycles. The van der Waals surface area contributed by atoms with Gasteiger partial charge in [0.05, 0.1) is 36.5 Å². The Labute approximate surface area is 156 Å². The monoisotopic (exact) mass is 376 g/mol. The zero-order chi connectivity index (χ0) is 18.5. The van der Waals surface area contributed by atoms with E-state index in [1.54, 1.807) is 13.2 Å². The second kappa shape index (κ2) is 8.46. The van der Waals surface area contributed by atoms with Gasteiger partial charge in [0.2, 0.25) is 5.88 Å². The lowest BCUT2D eigenvalue weighted by atomic mass is 10.1. The molecule has 0 saturated heterocycles. The Kier molecular flexibility index (Phi) is 6.05. The van der Waals surface area contributed by atoms with E-state index in [0.717, 1.165) is 27.6 Å². The Morgan fingerprint density at radius 2 is 2.00 bits per heavy atom. The van der Waals surface area contributed by atoms with E-state index in [4.69, 9.17) is 21.4 Å². The predicted octanol–water partition coefficient (Wildman–Crippen LogP) is 1.80. The smallest absolute Gasteiger partial charge is 0.213 e. The average Bonchev–Trinajstić information content (AvgIpc) is 2.66. The molecule has 26 heavy (non-hydrogen) atoms. The maximum Gasteiger partial charge on any atom is 0.213 e. The van der Waals surface area contributed by atoms with Gasteiger partial charge in [-0.2, -0.15) is 0 Å². The van der Waals surface area contributed by atoms with Crippen molar-refractivity contribution in [3.8, 4) is 5.88 Å². The van der Waals surface area contributed by atoms with Crippen molar-refractivity contribution in [2.24, 2.45) is 0 Å². The number of fused-ring (bicyclic) bond motifs is 2. The number of anilines is 1. The number of halogens is 1. The first-order chi connectivity index (χ1) is 12.6. The van der Waals surface area contributed by atoms with Crippen LogP contribution in [-0.4, -0.2) is 59.6 Å². The van der Waals surface area contributed by atoms with E-state index >= 15 is 0 Å². The molecule has 1 unspecified atom stereocenters. The van der Waals surface area contributed by atoms with E-state index in [9.17, 15) is 5.11 Å². The molecular formula is C18H21ClN4O3. The molecule has 0 aliphatic rings. The Hall–Kier alpha value is -2.19. The second-order valence-electron chi connectivity index (χ2n) is 5.84. The van der Waals surface area contributed by atoms with Crippen molar-refractivity contribution in [3.05, 3.63) is 35.4 Å². The van der Waals surface area contributed by atoms with Crippen LogP contribution in [0.3, 0.4) is 0 Å². The molecule has 3 rings (SSSR count). The minimum absolute atomic E-state index is 0.259. The molecule has 2 aromatic heterocycles. The summed E-state index contributed by atoms with van der Waals surface area (Å²) in [6, 6.07) is 9.19. The molecule has 0 bridgehead atoms.